The number of guanidine groups is 1. The Morgan fingerprint density at radius 2 is 2.04 bits per heavy atom. The van der Waals surface area contributed by atoms with Crippen LogP contribution in [-0.2, 0) is 16.4 Å². The van der Waals surface area contributed by atoms with Gasteiger partial charge in [-0.25, -0.2) is 8.42 Å². The van der Waals surface area contributed by atoms with Gasteiger partial charge in [0.05, 0.1) is 4.90 Å². The van der Waals surface area contributed by atoms with Crippen LogP contribution in [0.4, 0.5) is 0 Å². The molecule has 1 aromatic heterocycles. The van der Waals surface area contributed by atoms with Crippen molar-refractivity contribution in [3.8, 4) is 0 Å². The highest BCUT2D eigenvalue weighted by atomic mass is 32.2. The Hall–Kier alpha value is -1.86. The van der Waals surface area contributed by atoms with E-state index in [2.05, 4.69) is 40.1 Å². The Bertz CT molecular complexity index is 828. The fourth-order valence-electron chi connectivity index (χ4n) is 2.57. The lowest BCUT2D eigenvalue weighted by Gasteiger charge is -2.15. The van der Waals surface area contributed by atoms with E-state index in [0.717, 1.165) is 23.6 Å². The first-order valence-corrected chi connectivity index (χ1v) is 10.9. The summed E-state index contributed by atoms with van der Waals surface area (Å²) in [4.78, 5) is 5.96. The van der Waals surface area contributed by atoms with E-state index in [-0.39, 0.29) is 0 Å². The number of aliphatic imine (C=N–C) groups is 1. The molecular weight excluding hydrogens is 354 g/mol. The fourth-order valence-corrected chi connectivity index (χ4v) is 4.31. The van der Waals surface area contributed by atoms with Crippen LogP contribution in [-0.4, -0.2) is 34.2 Å². The van der Waals surface area contributed by atoms with Crippen molar-refractivity contribution in [3.63, 3.8) is 0 Å². The standard InChI is InChI=1S/C18H25N3O2S2/c1-13-10-15(7-8-17(13)25(4,22)23)12-21-18(19-3)20-11-14(2)16-6-5-9-24-16/h5-10,14H,11-12H2,1-4H3,(H2,19,20,21). The average Bonchev–Trinajstić information content (AvgIpc) is 3.08. The van der Waals surface area contributed by atoms with Crippen LogP contribution >= 0.6 is 11.3 Å². The molecule has 0 spiro atoms. The van der Waals surface area contributed by atoms with Crippen molar-refractivity contribution < 1.29 is 8.42 Å². The predicted octanol–water partition coefficient (Wildman–Crippen LogP) is 2.93. The molecule has 1 atom stereocenters. The molecule has 7 heteroatoms. The van der Waals surface area contributed by atoms with Crippen LogP contribution in [0.2, 0.25) is 0 Å². The van der Waals surface area contributed by atoms with Crippen molar-refractivity contribution in [1.29, 1.82) is 0 Å². The highest BCUT2D eigenvalue weighted by Crippen LogP contribution is 2.19. The fraction of sp³-hybridized carbons (Fsp3) is 0.389. The molecule has 0 radical (unpaired) electrons. The van der Waals surface area contributed by atoms with Gasteiger partial charge in [0.25, 0.3) is 0 Å². The maximum atomic E-state index is 11.7. The molecule has 0 saturated heterocycles. The van der Waals surface area contributed by atoms with Crippen molar-refractivity contribution in [2.75, 3.05) is 19.8 Å². The molecule has 136 valence electrons. The van der Waals surface area contributed by atoms with Gasteiger partial charge in [0.2, 0.25) is 0 Å². The molecule has 2 aromatic rings. The van der Waals surface area contributed by atoms with Crippen molar-refractivity contribution in [1.82, 2.24) is 10.6 Å². The molecule has 0 aliphatic carbocycles. The molecule has 0 bridgehead atoms. The van der Waals surface area contributed by atoms with Gasteiger partial charge in [-0.2, -0.15) is 0 Å². The van der Waals surface area contributed by atoms with Crippen LogP contribution in [0.15, 0.2) is 45.6 Å². The second kappa shape index (κ2) is 8.49. The zero-order chi connectivity index (χ0) is 18.4. The molecule has 1 heterocycles. The van der Waals surface area contributed by atoms with Gasteiger partial charge in [0, 0.05) is 37.2 Å². The van der Waals surface area contributed by atoms with Crippen molar-refractivity contribution in [3.05, 3.63) is 51.7 Å². The van der Waals surface area contributed by atoms with Gasteiger partial charge in [-0.1, -0.05) is 25.1 Å². The highest BCUT2D eigenvalue weighted by Gasteiger charge is 2.11. The first-order chi connectivity index (χ1) is 11.8. The number of aryl methyl sites for hydroxylation is 1. The number of rotatable bonds is 6. The number of hydrogen-bond acceptors (Lipinski definition) is 4. The van der Waals surface area contributed by atoms with E-state index in [1.54, 1.807) is 24.5 Å². The van der Waals surface area contributed by atoms with Crippen molar-refractivity contribution in [2.24, 2.45) is 4.99 Å². The lowest BCUT2D eigenvalue weighted by atomic mass is 10.1. The Morgan fingerprint density at radius 3 is 2.60 bits per heavy atom. The number of nitrogens with one attached hydrogen (secondary N) is 2. The third-order valence-corrected chi connectivity index (χ3v) is 6.29. The lowest BCUT2D eigenvalue weighted by Crippen LogP contribution is -2.38. The Morgan fingerprint density at radius 1 is 1.28 bits per heavy atom. The zero-order valence-electron chi connectivity index (χ0n) is 15.0. The third-order valence-electron chi connectivity index (χ3n) is 3.93. The summed E-state index contributed by atoms with van der Waals surface area (Å²) in [6.45, 7) is 5.37. The predicted molar refractivity (Wildman–Crippen MR) is 105 cm³/mol. The summed E-state index contributed by atoms with van der Waals surface area (Å²) in [5, 5.41) is 8.68. The molecular formula is C18H25N3O2S2. The molecule has 0 saturated carbocycles. The van der Waals surface area contributed by atoms with Crippen molar-refractivity contribution >= 4 is 27.1 Å². The van der Waals surface area contributed by atoms with Crippen LogP contribution in [0.25, 0.3) is 0 Å². The smallest absolute Gasteiger partial charge is 0.191 e. The van der Waals surface area contributed by atoms with E-state index in [1.165, 1.54) is 11.1 Å². The molecule has 0 fully saturated rings. The van der Waals surface area contributed by atoms with E-state index in [4.69, 9.17) is 0 Å². The summed E-state index contributed by atoms with van der Waals surface area (Å²) in [5.74, 6) is 1.14. The SMILES string of the molecule is CN=C(NCc1ccc(S(C)(=O)=O)c(C)c1)NCC(C)c1cccs1. The molecule has 5 nitrogen and oxygen atoms in total. The van der Waals surface area contributed by atoms with Gasteiger partial charge in [0.1, 0.15) is 0 Å². The maximum Gasteiger partial charge on any atom is 0.191 e. The first kappa shape index (κ1) is 19.5. The number of benzene rings is 1. The zero-order valence-corrected chi connectivity index (χ0v) is 16.7. The van der Waals surface area contributed by atoms with Gasteiger partial charge in [0.15, 0.2) is 15.8 Å². The van der Waals surface area contributed by atoms with Gasteiger partial charge >= 0.3 is 0 Å². The number of hydrogen-bond donors (Lipinski definition) is 2. The van der Waals surface area contributed by atoms with E-state index in [1.807, 2.05) is 19.1 Å². The molecule has 0 aliphatic rings. The van der Waals surface area contributed by atoms with Gasteiger partial charge in [-0.05, 0) is 35.6 Å². The summed E-state index contributed by atoms with van der Waals surface area (Å²) >= 11 is 1.76. The lowest BCUT2D eigenvalue weighted by molar-refractivity contribution is 0.601. The van der Waals surface area contributed by atoms with E-state index < -0.39 is 9.84 Å². The minimum absolute atomic E-state index is 0.378. The molecule has 2 rings (SSSR count). The Labute approximate surface area is 154 Å². The van der Waals surface area contributed by atoms with E-state index >= 15 is 0 Å². The minimum atomic E-state index is -3.18. The quantitative estimate of drug-likeness (QED) is 0.598. The number of thiophene rings is 1. The largest absolute Gasteiger partial charge is 0.356 e. The average molecular weight is 380 g/mol. The summed E-state index contributed by atoms with van der Waals surface area (Å²) in [6, 6.07) is 9.59. The van der Waals surface area contributed by atoms with Gasteiger partial charge < -0.3 is 10.6 Å². The summed E-state index contributed by atoms with van der Waals surface area (Å²) in [6.07, 6.45) is 1.23. The Kier molecular flexibility index (Phi) is 6.61. The van der Waals surface area contributed by atoms with Crippen LogP contribution < -0.4 is 10.6 Å². The molecule has 25 heavy (non-hydrogen) atoms. The van der Waals surface area contributed by atoms with Crippen LogP contribution in [0.5, 0.6) is 0 Å². The summed E-state index contributed by atoms with van der Waals surface area (Å²) in [7, 11) is -1.44. The van der Waals surface area contributed by atoms with Crippen LogP contribution in [0, 0.1) is 6.92 Å². The second-order valence-corrected chi connectivity index (χ2v) is 9.06. The van der Waals surface area contributed by atoms with Gasteiger partial charge in [-0.3, -0.25) is 4.99 Å². The second-order valence-electron chi connectivity index (χ2n) is 6.10. The van der Waals surface area contributed by atoms with Crippen LogP contribution in [0.1, 0.15) is 28.8 Å². The molecule has 0 aliphatic heterocycles. The van der Waals surface area contributed by atoms with Gasteiger partial charge in [-0.15, -0.1) is 11.3 Å². The third kappa shape index (κ3) is 5.57. The first-order valence-electron chi connectivity index (χ1n) is 8.08. The number of nitrogens with zero attached hydrogens (tertiary/aromatic N) is 1. The van der Waals surface area contributed by atoms with Crippen molar-refractivity contribution in [2.45, 2.75) is 31.2 Å². The highest BCUT2D eigenvalue weighted by molar-refractivity contribution is 7.90. The minimum Gasteiger partial charge on any atom is -0.356 e. The monoisotopic (exact) mass is 379 g/mol. The topological polar surface area (TPSA) is 70.6 Å². The Balaban J connectivity index is 1.91. The molecule has 0 amide bonds. The maximum absolute atomic E-state index is 11.7. The normalized spacial score (nSPS) is 13.5. The van der Waals surface area contributed by atoms with E-state index in [0.29, 0.717) is 17.4 Å². The summed E-state index contributed by atoms with van der Waals surface area (Å²) < 4.78 is 23.4. The van der Waals surface area contributed by atoms with Crippen LogP contribution in [0.3, 0.4) is 0 Å². The molecule has 1 unspecified atom stereocenters. The molecule has 1 aromatic carbocycles. The number of sulfone groups is 1. The van der Waals surface area contributed by atoms with E-state index in [9.17, 15) is 8.42 Å². The summed E-state index contributed by atoms with van der Waals surface area (Å²) in [5.41, 5.74) is 1.77. The molecule has 2 N–H and O–H groups in total.